The molecular formula is C13H10ClN3O. The molecule has 0 saturated heterocycles. The van der Waals surface area contributed by atoms with Gasteiger partial charge in [-0.05, 0) is 17.7 Å². The molecular weight excluding hydrogens is 250 g/mol. The van der Waals surface area contributed by atoms with Crippen molar-refractivity contribution in [2.75, 3.05) is 0 Å². The van der Waals surface area contributed by atoms with Crippen molar-refractivity contribution in [2.24, 2.45) is 0 Å². The summed E-state index contributed by atoms with van der Waals surface area (Å²) < 4.78 is 1.72. The summed E-state index contributed by atoms with van der Waals surface area (Å²) in [5.74, 6) is 0.794. The summed E-state index contributed by atoms with van der Waals surface area (Å²) in [6.07, 6.45) is 2.32. The number of hydrogen-bond donors (Lipinski definition) is 1. The Labute approximate surface area is 108 Å². The number of fused-ring (bicyclic) bond motifs is 1. The fourth-order valence-corrected chi connectivity index (χ4v) is 2.08. The maximum absolute atomic E-state index is 11.2. The van der Waals surface area contributed by atoms with Crippen molar-refractivity contribution in [3.63, 3.8) is 0 Å². The van der Waals surface area contributed by atoms with E-state index in [4.69, 9.17) is 11.6 Å². The lowest BCUT2D eigenvalue weighted by molar-refractivity contribution is 0.899. The minimum Gasteiger partial charge on any atom is -0.290 e. The Hall–Kier alpha value is -2.07. The Morgan fingerprint density at radius 3 is 3.00 bits per heavy atom. The van der Waals surface area contributed by atoms with Gasteiger partial charge in [0.15, 0.2) is 11.1 Å². The molecule has 2 aromatic heterocycles. The van der Waals surface area contributed by atoms with Gasteiger partial charge < -0.3 is 0 Å². The van der Waals surface area contributed by atoms with Crippen molar-refractivity contribution in [3.05, 3.63) is 69.2 Å². The third-order valence-electron chi connectivity index (χ3n) is 2.67. The number of nitrogens with zero attached hydrogens (tertiary/aromatic N) is 2. The molecule has 0 radical (unpaired) electrons. The van der Waals surface area contributed by atoms with Crippen LogP contribution in [0.3, 0.4) is 0 Å². The highest BCUT2D eigenvalue weighted by atomic mass is 35.5. The number of pyridine rings is 1. The van der Waals surface area contributed by atoms with Crippen molar-refractivity contribution < 1.29 is 0 Å². The van der Waals surface area contributed by atoms with Crippen LogP contribution >= 0.6 is 11.6 Å². The number of benzene rings is 1. The zero-order valence-corrected chi connectivity index (χ0v) is 10.2. The highest BCUT2D eigenvalue weighted by Gasteiger charge is 2.03. The van der Waals surface area contributed by atoms with Crippen molar-refractivity contribution in [1.29, 1.82) is 0 Å². The number of H-pyrrole nitrogens is 1. The lowest BCUT2D eigenvalue weighted by Crippen LogP contribution is -1.98. The van der Waals surface area contributed by atoms with Crippen molar-refractivity contribution in [1.82, 2.24) is 14.6 Å². The zero-order chi connectivity index (χ0) is 12.5. The van der Waals surface area contributed by atoms with Crippen molar-refractivity contribution in [3.8, 4) is 0 Å². The molecule has 5 heteroatoms. The van der Waals surface area contributed by atoms with E-state index in [-0.39, 0.29) is 5.43 Å². The summed E-state index contributed by atoms with van der Waals surface area (Å²) in [5, 5.41) is 3.82. The minimum absolute atomic E-state index is 0.0456. The Morgan fingerprint density at radius 2 is 2.17 bits per heavy atom. The molecule has 3 rings (SSSR count). The summed E-state index contributed by atoms with van der Waals surface area (Å²) >= 11 is 5.93. The molecule has 1 aromatic carbocycles. The maximum atomic E-state index is 11.2. The Balaban J connectivity index is 1.98. The molecule has 0 atom stereocenters. The van der Waals surface area contributed by atoms with Crippen LogP contribution in [0.15, 0.2) is 47.4 Å². The summed E-state index contributed by atoms with van der Waals surface area (Å²) in [5.41, 5.74) is 1.65. The first-order chi connectivity index (χ1) is 8.70. The first-order valence-corrected chi connectivity index (χ1v) is 5.90. The van der Waals surface area contributed by atoms with Crippen LogP contribution in [-0.4, -0.2) is 14.6 Å². The summed E-state index contributed by atoms with van der Waals surface area (Å²) in [6, 6.07) is 10.6. The number of aromatic nitrogens is 3. The minimum atomic E-state index is -0.0456. The normalized spacial score (nSPS) is 10.9. The number of hydrogen-bond acceptors (Lipinski definition) is 2. The molecule has 0 spiro atoms. The Kier molecular flexibility index (Phi) is 2.64. The lowest BCUT2D eigenvalue weighted by Gasteiger charge is -1.98. The van der Waals surface area contributed by atoms with Crippen LogP contribution in [-0.2, 0) is 6.42 Å². The van der Waals surface area contributed by atoms with Gasteiger partial charge >= 0.3 is 0 Å². The first-order valence-electron chi connectivity index (χ1n) is 5.52. The van der Waals surface area contributed by atoms with Crippen LogP contribution in [0, 0.1) is 0 Å². The molecule has 1 N–H and O–H groups in total. The number of rotatable bonds is 2. The highest BCUT2D eigenvalue weighted by Crippen LogP contribution is 2.13. The molecule has 0 bridgehead atoms. The van der Waals surface area contributed by atoms with Gasteiger partial charge in [0.1, 0.15) is 5.82 Å². The van der Waals surface area contributed by atoms with Gasteiger partial charge in [-0.25, -0.2) is 9.50 Å². The van der Waals surface area contributed by atoms with Gasteiger partial charge in [0, 0.05) is 29.8 Å². The van der Waals surface area contributed by atoms with Gasteiger partial charge in [-0.1, -0.05) is 23.7 Å². The van der Waals surface area contributed by atoms with Gasteiger partial charge in [-0.2, -0.15) is 0 Å². The molecule has 0 aliphatic heterocycles. The van der Waals surface area contributed by atoms with Gasteiger partial charge in [0.05, 0.1) is 0 Å². The van der Waals surface area contributed by atoms with Crippen LogP contribution in [0.1, 0.15) is 11.4 Å². The van der Waals surface area contributed by atoms with E-state index < -0.39 is 0 Å². The number of aromatic amines is 1. The van der Waals surface area contributed by atoms with Gasteiger partial charge in [-0.15, -0.1) is 0 Å². The van der Waals surface area contributed by atoms with E-state index >= 15 is 0 Å². The third kappa shape index (κ3) is 2.15. The average molecular weight is 260 g/mol. The maximum Gasteiger partial charge on any atom is 0.183 e. The molecule has 0 fully saturated rings. The van der Waals surface area contributed by atoms with E-state index in [1.54, 1.807) is 10.7 Å². The van der Waals surface area contributed by atoms with Crippen LogP contribution in [0.4, 0.5) is 0 Å². The molecule has 3 aromatic rings. The molecule has 0 saturated carbocycles. The summed E-state index contributed by atoms with van der Waals surface area (Å²) in [7, 11) is 0. The van der Waals surface area contributed by atoms with E-state index in [0.717, 1.165) is 11.4 Å². The van der Waals surface area contributed by atoms with Gasteiger partial charge in [0.2, 0.25) is 0 Å². The second-order valence-corrected chi connectivity index (χ2v) is 4.50. The second kappa shape index (κ2) is 4.31. The standard InChI is InChI=1S/C13H10ClN3O/c14-10-3-1-2-9(6-10)7-12-15-13-8-11(18)4-5-17(13)16-12/h1-6,8H,7H2,(H,15,16). The van der Waals surface area contributed by atoms with Crippen molar-refractivity contribution >= 4 is 17.2 Å². The van der Waals surface area contributed by atoms with E-state index in [2.05, 4.69) is 10.1 Å². The van der Waals surface area contributed by atoms with Crippen molar-refractivity contribution in [2.45, 2.75) is 6.42 Å². The quantitative estimate of drug-likeness (QED) is 0.768. The molecule has 4 nitrogen and oxygen atoms in total. The fourth-order valence-electron chi connectivity index (χ4n) is 1.87. The average Bonchev–Trinajstić information content (AvgIpc) is 2.70. The molecule has 18 heavy (non-hydrogen) atoms. The molecule has 0 aliphatic carbocycles. The van der Waals surface area contributed by atoms with Crippen LogP contribution in [0.2, 0.25) is 5.02 Å². The Morgan fingerprint density at radius 1 is 1.28 bits per heavy atom. The number of nitrogens with one attached hydrogen (secondary N) is 1. The predicted octanol–water partition coefficient (Wildman–Crippen LogP) is 2.27. The molecule has 90 valence electrons. The van der Waals surface area contributed by atoms with E-state index in [1.165, 1.54) is 12.1 Å². The second-order valence-electron chi connectivity index (χ2n) is 4.07. The molecule has 2 heterocycles. The fraction of sp³-hybridized carbons (Fsp3) is 0.0769. The molecule has 0 aliphatic rings. The van der Waals surface area contributed by atoms with Crippen LogP contribution in [0.5, 0.6) is 0 Å². The highest BCUT2D eigenvalue weighted by molar-refractivity contribution is 6.30. The largest absolute Gasteiger partial charge is 0.290 e. The molecule has 0 amide bonds. The summed E-state index contributed by atoms with van der Waals surface area (Å²) in [4.78, 5) is 15.6. The monoisotopic (exact) mass is 259 g/mol. The van der Waals surface area contributed by atoms with E-state index in [1.807, 2.05) is 24.3 Å². The topological polar surface area (TPSA) is 50.2 Å². The lowest BCUT2D eigenvalue weighted by atomic mass is 10.1. The predicted molar refractivity (Wildman–Crippen MR) is 70.1 cm³/mol. The Bertz CT molecular complexity index is 760. The van der Waals surface area contributed by atoms with E-state index in [9.17, 15) is 4.79 Å². The van der Waals surface area contributed by atoms with Gasteiger partial charge in [-0.3, -0.25) is 9.89 Å². The SMILES string of the molecule is O=c1ccn2[nH]c(Cc3cccc(Cl)c3)nc2c1. The smallest absolute Gasteiger partial charge is 0.183 e. The zero-order valence-electron chi connectivity index (χ0n) is 9.43. The van der Waals surface area contributed by atoms with Crippen LogP contribution in [0.25, 0.3) is 5.65 Å². The van der Waals surface area contributed by atoms with Gasteiger partial charge in [0.25, 0.3) is 0 Å². The van der Waals surface area contributed by atoms with E-state index in [0.29, 0.717) is 17.1 Å². The summed E-state index contributed by atoms with van der Waals surface area (Å²) in [6.45, 7) is 0. The first kappa shape index (κ1) is 11.0. The third-order valence-corrected chi connectivity index (χ3v) is 2.90. The van der Waals surface area contributed by atoms with Crippen LogP contribution < -0.4 is 5.43 Å². The molecule has 0 unspecified atom stereocenters. The number of halogens is 1.